The summed E-state index contributed by atoms with van der Waals surface area (Å²) in [4.78, 5) is 27.1. The van der Waals surface area contributed by atoms with Gasteiger partial charge in [-0.25, -0.2) is 9.48 Å². The fourth-order valence-electron chi connectivity index (χ4n) is 4.53. The summed E-state index contributed by atoms with van der Waals surface area (Å²) in [5.41, 5.74) is 1.90. The third-order valence-electron chi connectivity index (χ3n) is 6.50. The molecule has 0 spiro atoms. The van der Waals surface area contributed by atoms with Crippen LogP contribution in [0.5, 0.6) is 0 Å². The van der Waals surface area contributed by atoms with Gasteiger partial charge in [-0.3, -0.25) is 4.79 Å². The van der Waals surface area contributed by atoms with Gasteiger partial charge in [0, 0.05) is 18.0 Å². The molecular formula is C27H31ClN4O4. The highest BCUT2D eigenvalue weighted by Crippen LogP contribution is 2.37. The van der Waals surface area contributed by atoms with Crippen molar-refractivity contribution in [1.29, 1.82) is 0 Å². The molecule has 1 amide bonds. The number of aliphatic hydroxyl groups excluding tert-OH is 1. The first-order valence-corrected chi connectivity index (χ1v) is 12.7. The molecular weight excluding hydrogens is 480 g/mol. The number of benzene rings is 2. The van der Waals surface area contributed by atoms with E-state index in [2.05, 4.69) is 17.2 Å². The SMILES string of the molecule is CCCCCC(=O)N1C[C@@H](O)[C@H](n2cc(COC(=O)c3ccccc3)nn2)C[C@@H]1c1ccc(Cl)cc1. The number of aliphatic hydroxyl groups is 1. The zero-order chi connectivity index (χ0) is 25.5. The highest BCUT2D eigenvalue weighted by atomic mass is 35.5. The summed E-state index contributed by atoms with van der Waals surface area (Å²) in [6.45, 7) is 2.27. The van der Waals surface area contributed by atoms with E-state index in [4.69, 9.17) is 16.3 Å². The highest BCUT2D eigenvalue weighted by molar-refractivity contribution is 6.30. The van der Waals surface area contributed by atoms with Gasteiger partial charge < -0.3 is 14.7 Å². The molecule has 1 aliphatic heterocycles. The Morgan fingerprint density at radius 2 is 1.86 bits per heavy atom. The van der Waals surface area contributed by atoms with Gasteiger partial charge >= 0.3 is 5.97 Å². The number of carbonyl (C=O) groups excluding carboxylic acids is 2. The van der Waals surface area contributed by atoms with E-state index in [9.17, 15) is 14.7 Å². The Hall–Kier alpha value is -3.23. The van der Waals surface area contributed by atoms with Crippen LogP contribution in [0.1, 0.15) is 72.7 Å². The molecule has 1 aromatic heterocycles. The number of halogens is 1. The second-order valence-corrected chi connectivity index (χ2v) is 9.51. The van der Waals surface area contributed by atoms with Crippen molar-refractivity contribution in [3.05, 3.63) is 82.6 Å². The Morgan fingerprint density at radius 3 is 2.58 bits per heavy atom. The molecule has 4 rings (SSSR count). The van der Waals surface area contributed by atoms with Gasteiger partial charge in [0.25, 0.3) is 0 Å². The summed E-state index contributed by atoms with van der Waals surface area (Å²) in [5.74, 6) is -0.407. The van der Waals surface area contributed by atoms with Gasteiger partial charge in [0.1, 0.15) is 12.3 Å². The second-order valence-electron chi connectivity index (χ2n) is 9.07. The monoisotopic (exact) mass is 510 g/mol. The number of rotatable bonds is 9. The van der Waals surface area contributed by atoms with Crippen molar-refractivity contribution in [1.82, 2.24) is 19.9 Å². The third kappa shape index (κ3) is 6.30. The number of hydrogen-bond donors (Lipinski definition) is 1. The third-order valence-corrected chi connectivity index (χ3v) is 6.75. The number of carbonyl (C=O) groups is 2. The molecule has 1 fully saturated rings. The van der Waals surface area contributed by atoms with E-state index in [1.807, 2.05) is 30.3 Å². The van der Waals surface area contributed by atoms with Gasteiger partial charge in [0.15, 0.2) is 0 Å². The minimum Gasteiger partial charge on any atom is -0.455 e. The lowest BCUT2D eigenvalue weighted by atomic mass is 9.89. The van der Waals surface area contributed by atoms with E-state index < -0.39 is 18.1 Å². The number of likely N-dealkylation sites (tertiary alicyclic amines) is 1. The zero-order valence-electron chi connectivity index (χ0n) is 20.3. The summed E-state index contributed by atoms with van der Waals surface area (Å²) < 4.78 is 6.97. The molecule has 0 saturated carbocycles. The van der Waals surface area contributed by atoms with Crippen LogP contribution in [0.2, 0.25) is 5.02 Å². The summed E-state index contributed by atoms with van der Waals surface area (Å²) in [6.07, 6.45) is 4.65. The van der Waals surface area contributed by atoms with Crippen LogP contribution in [0.4, 0.5) is 0 Å². The van der Waals surface area contributed by atoms with Crippen molar-refractivity contribution in [2.24, 2.45) is 0 Å². The number of β-amino-alcohol motifs (C(OH)–C–C–N with tert-alkyl or cyclic N) is 1. The van der Waals surface area contributed by atoms with Crippen molar-refractivity contribution < 1.29 is 19.4 Å². The van der Waals surface area contributed by atoms with Crippen molar-refractivity contribution in [2.75, 3.05) is 6.54 Å². The summed E-state index contributed by atoms with van der Waals surface area (Å²) >= 11 is 6.10. The number of esters is 1. The number of ether oxygens (including phenoxy) is 1. The van der Waals surface area contributed by atoms with E-state index in [1.165, 1.54) is 0 Å². The topological polar surface area (TPSA) is 97.6 Å². The van der Waals surface area contributed by atoms with E-state index in [0.717, 1.165) is 24.8 Å². The average Bonchev–Trinajstić information content (AvgIpc) is 3.37. The molecule has 2 aromatic carbocycles. The number of amides is 1. The normalized spacial score (nSPS) is 19.8. The highest BCUT2D eigenvalue weighted by Gasteiger charge is 2.39. The number of aromatic nitrogens is 3. The van der Waals surface area contributed by atoms with Crippen LogP contribution in [0.3, 0.4) is 0 Å². The van der Waals surface area contributed by atoms with Gasteiger partial charge in [-0.2, -0.15) is 0 Å². The number of piperidine rings is 1. The van der Waals surface area contributed by atoms with Crippen LogP contribution in [0.25, 0.3) is 0 Å². The number of unbranched alkanes of at least 4 members (excludes halogenated alkanes) is 2. The number of nitrogens with zero attached hydrogens (tertiary/aromatic N) is 4. The van der Waals surface area contributed by atoms with Gasteiger partial charge in [0.05, 0.1) is 29.9 Å². The van der Waals surface area contributed by atoms with Crippen LogP contribution in [0, 0.1) is 0 Å². The smallest absolute Gasteiger partial charge is 0.338 e. The van der Waals surface area contributed by atoms with Gasteiger partial charge in [-0.15, -0.1) is 5.10 Å². The van der Waals surface area contributed by atoms with Crippen LogP contribution in [0.15, 0.2) is 60.8 Å². The van der Waals surface area contributed by atoms with Crippen molar-refractivity contribution in [3.63, 3.8) is 0 Å². The predicted molar refractivity (Wildman–Crippen MR) is 135 cm³/mol. The van der Waals surface area contributed by atoms with Crippen LogP contribution in [-0.2, 0) is 16.1 Å². The maximum atomic E-state index is 13.1. The quantitative estimate of drug-likeness (QED) is 0.330. The van der Waals surface area contributed by atoms with Crippen molar-refractivity contribution in [2.45, 2.75) is 63.8 Å². The van der Waals surface area contributed by atoms with E-state index in [1.54, 1.807) is 40.0 Å². The standard InChI is InChI=1S/C27H31ClN4O4/c1-2-3-5-10-26(34)31-17-25(33)24(15-23(31)19-11-13-21(28)14-12-19)32-16-22(29-30-32)18-36-27(35)20-8-6-4-7-9-20/h4,6-9,11-14,16,23-25,33H,2-3,5,10,15,17-18H2,1H3/t23-,24-,25-/m1/s1. The molecule has 2 heterocycles. The Bertz CT molecular complexity index is 1150. The van der Waals surface area contributed by atoms with Crippen LogP contribution < -0.4 is 0 Å². The van der Waals surface area contributed by atoms with Gasteiger partial charge in [-0.1, -0.05) is 66.9 Å². The average molecular weight is 511 g/mol. The number of hydrogen-bond acceptors (Lipinski definition) is 6. The fourth-order valence-corrected chi connectivity index (χ4v) is 4.66. The summed E-state index contributed by atoms with van der Waals surface area (Å²) in [6, 6.07) is 15.6. The van der Waals surface area contributed by atoms with Gasteiger partial charge in [0.2, 0.25) is 5.91 Å². The van der Waals surface area contributed by atoms with Crippen molar-refractivity contribution in [3.8, 4) is 0 Å². The largest absolute Gasteiger partial charge is 0.455 e. The first-order chi connectivity index (χ1) is 17.5. The summed E-state index contributed by atoms with van der Waals surface area (Å²) in [7, 11) is 0. The Kier molecular flexibility index (Phi) is 8.72. The molecule has 9 heteroatoms. The van der Waals surface area contributed by atoms with Crippen LogP contribution in [-0.4, -0.2) is 49.5 Å². The van der Waals surface area contributed by atoms with E-state index in [0.29, 0.717) is 29.1 Å². The Labute approximate surface area is 215 Å². The lowest BCUT2D eigenvalue weighted by Gasteiger charge is -2.42. The Balaban J connectivity index is 1.48. The molecule has 1 N–H and O–H groups in total. The molecule has 190 valence electrons. The fraction of sp³-hybridized carbons (Fsp3) is 0.407. The second kappa shape index (κ2) is 12.1. The van der Waals surface area contributed by atoms with Crippen molar-refractivity contribution >= 4 is 23.5 Å². The lowest BCUT2D eigenvalue weighted by Crippen LogP contribution is -2.49. The molecule has 0 bridgehead atoms. The molecule has 3 aromatic rings. The molecule has 8 nitrogen and oxygen atoms in total. The first-order valence-electron chi connectivity index (χ1n) is 12.3. The van der Waals surface area contributed by atoms with E-state index in [-0.39, 0.29) is 25.1 Å². The summed E-state index contributed by atoms with van der Waals surface area (Å²) in [5, 5.41) is 20.0. The molecule has 0 unspecified atom stereocenters. The Morgan fingerprint density at radius 1 is 1.11 bits per heavy atom. The minimum atomic E-state index is -0.815. The molecule has 36 heavy (non-hydrogen) atoms. The predicted octanol–water partition coefficient (Wildman–Crippen LogP) is 4.74. The lowest BCUT2D eigenvalue weighted by molar-refractivity contribution is -0.140. The van der Waals surface area contributed by atoms with Gasteiger partial charge in [-0.05, 0) is 42.7 Å². The maximum absolute atomic E-state index is 13.1. The van der Waals surface area contributed by atoms with Crippen LogP contribution >= 0.6 is 11.6 Å². The molecule has 3 atom stereocenters. The molecule has 1 saturated heterocycles. The minimum absolute atomic E-state index is 0.0286. The first kappa shape index (κ1) is 25.9. The zero-order valence-corrected chi connectivity index (χ0v) is 21.1. The molecule has 0 aliphatic carbocycles. The molecule has 0 radical (unpaired) electrons. The van der Waals surface area contributed by atoms with E-state index >= 15 is 0 Å². The molecule has 1 aliphatic rings. The maximum Gasteiger partial charge on any atom is 0.338 e.